The van der Waals surface area contributed by atoms with Gasteiger partial charge in [-0.15, -0.1) is 0 Å². The Morgan fingerprint density at radius 1 is 1.23 bits per heavy atom. The topological polar surface area (TPSA) is 64.7 Å². The molecule has 0 bridgehead atoms. The first kappa shape index (κ1) is 18.2. The molecule has 0 atom stereocenters. The van der Waals surface area contributed by atoms with Gasteiger partial charge in [0.05, 0.1) is 22.8 Å². The summed E-state index contributed by atoms with van der Waals surface area (Å²) in [6.07, 6.45) is 8.53. The summed E-state index contributed by atoms with van der Waals surface area (Å²) >= 11 is 11.9. The summed E-state index contributed by atoms with van der Waals surface area (Å²) in [6, 6.07) is 7.16. The Balaban J connectivity index is 1.58. The highest BCUT2D eigenvalue weighted by Crippen LogP contribution is 2.23. The Labute approximate surface area is 161 Å². The normalized spacial score (nSPS) is 11.2. The Bertz CT molecular complexity index is 945. The van der Waals surface area contributed by atoms with E-state index in [9.17, 15) is 4.79 Å². The summed E-state index contributed by atoms with van der Waals surface area (Å²) in [4.78, 5) is 12.0. The summed E-state index contributed by atoms with van der Waals surface area (Å²) in [5.74, 6) is 0.220. The van der Waals surface area contributed by atoms with Gasteiger partial charge in [0.2, 0.25) is 5.91 Å². The van der Waals surface area contributed by atoms with Gasteiger partial charge in [-0.05, 0) is 30.7 Å². The first-order chi connectivity index (χ1) is 12.5. The molecule has 134 valence electrons. The van der Waals surface area contributed by atoms with Gasteiger partial charge >= 0.3 is 0 Å². The van der Waals surface area contributed by atoms with E-state index in [1.807, 2.05) is 19.2 Å². The van der Waals surface area contributed by atoms with Crippen LogP contribution in [0.2, 0.25) is 10.0 Å². The van der Waals surface area contributed by atoms with Gasteiger partial charge in [-0.1, -0.05) is 29.3 Å². The van der Waals surface area contributed by atoms with Crippen LogP contribution in [0.3, 0.4) is 0 Å². The Morgan fingerprint density at radius 2 is 2.08 bits per heavy atom. The molecule has 26 heavy (non-hydrogen) atoms. The third-order valence-electron chi connectivity index (χ3n) is 3.62. The predicted octanol–water partition coefficient (Wildman–Crippen LogP) is 4.11. The van der Waals surface area contributed by atoms with Gasteiger partial charge in [0.15, 0.2) is 5.82 Å². The van der Waals surface area contributed by atoms with E-state index in [-0.39, 0.29) is 5.91 Å². The molecule has 0 aliphatic heterocycles. The lowest BCUT2D eigenvalue weighted by Crippen LogP contribution is -2.09. The summed E-state index contributed by atoms with van der Waals surface area (Å²) in [6.45, 7) is 3.32. The number of hydrogen-bond acceptors (Lipinski definition) is 3. The van der Waals surface area contributed by atoms with Gasteiger partial charge in [0.25, 0.3) is 0 Å². The van der Waals surface area contributed by atoms with E-state index in [4.69, 9.17) is 23.2 Å². The van der Waals surface area contributed by atoms with Crippen LogP contribution in [0, 0.1) is 0 Å². The minimum atomic E-state index is -0.256. The third-order valence-corrected chi connectivity index (χ3v) is 4.36. The van der Waals surface area contributed by atoms with Crippen molar-refractivity contribution in [2.75, 3.05) is 5.32 Å². The zero-order chi connectivity index (χ0) is 18.5. The zero-order valence-corrected chi connectivity index (χ0v) is 15.6. The first-order valence-electron chi connectivity index (χ1n) is 8.02. The molecule has 6 nitrogen and oxygen atoms in total. The second-order valence-electron chi connectivity index (χ2n) is 5.60. The first-order valence-corrected chi connectivity index (χ1v) is 8.78. The van der Waals surface area contributed by atoms with Crippen LogP contribution in [-0.4, -0.2) is 25.5 Å². The van der Waals surface area contributed by atoms with E-state index < -0.39 is 0 Å². The molecule has 0 fully saturated rings. The van der Waals surface area contributed by atoms with Crippen molar-refractivity contribution in [3.63, 3.8) is 0 Å². The number of halogens is 2. The molecule has 0 unspecified atom stereocenters. The van der Waals surface area contributed by atoms with E-state index >= 15 is 0 Å². The molecule has 0 spiro atoms. The van der Waals surface area contributed by atoms with Crippen molar-refractivity contribution in [3.8, 4) is 0 Å². The fourth-order valence-electron chi connectivity index (χ4n) is 2.32. The summed E-state index contributed by atoms with van der Waals surface area (Å²) < 4.78 is 3.51. The molecule has 0 aliphatic carbocycles. The minimum Gasteiger partial charge on any atom is -0.306 e. The standard InChI is InChI=1S/C18H17Cl2N5O/c1-2-24-12-14(10-21-24)4-6-18(26)22-17-7-8-25(23-17)11-13-3-5-15(19)16(20)9-13/h3-10,12H,2,11H2,1H3,(H,22,23,26)/b6-4+. The van der Waals surface area contributed by atoms with Crippen molar-refractivity contribution >= 4 is 41.0 Å². The van der Waals surface area contributed by atoms with Gasteiger partial charge in [0.1, 0.15) is 0 Å². The van der Waals surface area contributed by atoms with Crippen LogP contribution in [-0.2, 0) is 17.9 Å². The fraction of sp³-hybridized carbons (Fsp3) is 0.167. The number of hydrogen-bond donors (Lipinski definition) is 1. The van der Waals surface area contributed by atoms with Crippen LogP contribution in [0.25, 0.3) is 6.08 Å². The number of anilines is 1. The average Bonchev–Trinajstić information content (AvgIpc) is 3.25. The second kappa shape index (κ2) is 8.21. The maximum absolute atomic E-state index is 12.0. The molecule has 1 amide bonds. The van der Waals surface area contributed by atoms with Crippen molar-refractivity contribution < 1.29 is 4.79 Å². The van der Waals surface area contributed by atoms with Gasteiger partial charge in [-0.3, -0.25) is 14.2 Å². The van der Waals surface area contributed by atoms with Crippen molar-refractivity contribution in [1.29, 1.82) is 0 Å². The van der Waals surface area contributed by atoms with Gasteiger partial charge in [-0.2, -0.15) is 10.2 Å². The van der Waals surface area contributed by atoms with Crippen LogP contribution >= 0.6 is 23.2 Å². The molecule has 3 rings (SSSR count). The maximum atomic E-state index is 12.0. The quantitative estimate of drug-likeness (QED) is 0.645. The molecular weight excluding hydrogens is 373 g/mol. The van der Waals surface area contributed by atoms with E-state index in [1.54, 1.807) is 46.0 Å². The highest BCUT2D eigenvalue weighted by Gasteiger charge is 2.05. The minimum absolute atomic E-state index is 0.256. The summed E-state index contributed by atoms with van der Waals surface area (Å²) in [5, 5.41) is 12.2. The largest absolute Gasteiger partial charge is 0.306 e. The number of amides is 1. The lowest BCUT2D eigenvalue weighted by Gasteiger charge is -2.04. The number of carbonyl (C=O) groups is 1. The molecule has 1 N–H and O–H groups in total. The summed E-state index contributed by atoms with van der Waals surface area (Å²) in [7, 11) is 0. The highest BCUT2D eigenvalue weighted by atomic mass is 35.5. The van der Waals surface area contributed by atoms with Crippen LogP contribution in [0.15, 0.2) is 48.9 Å². The second-order valence-corrected chi connectivity index (χ2v) is 6.41. The van der Waals surface area contributed by atoms with Crippen molar-refractivity contribution in [2.24, 2.45) is 0 Å². The van der Waals surface area contributed by atoms with Crippen molar-refractivity contribution in [3.05, 3.63) is 70.1 Å². The van der Waals surface area contributed by atoms with E-state index in [1.165, 1.54) is 6.08 Å². The van der Waals surface area contributed by atoms with Gasteiger partial charge in [-0.25, -0.2) is 0 Å². The Hall–Kier alpha value is -2.57. The maximum Gasteiger partial charge on any atom is 0.249 e. The molecule has 2 aromatic heterocycles. The van der Waals surface area contributed by atoms with Crippen molar-refractivity contribution in [2.45, 2.75) is 20.0 Å². The predicted molar refractivity (Wildman–Crippen MR) is 103 cm³/mol. The van der Waals surface area contributed by atoms with Crippen LogP contribution in [0.5, 0.6) is 0 Å². The number of rotatable bonds is 6. The Morgan fingerprint density at radius 3 is 2.81 bits per heavy atom. The van der Waals surface area contributed by atoms with Crippen LogP contribution < -0.4 is 5.32 Å². The van der Waals surface area contributed by atoms with E-state index in [2.05, 4.69) is 15.5 Å². The number of nitrogens with one attached hydrogen (secondary N) is 1. The average molecular weight is 390 g/mol. The van der Waals surface area contributed by atoms with E-state index in [0.717, 1.165) is 17.7 Å². The molecular formula is C18H17Cl2N5O. The fourth-order valence-corrected chi connectivity index (χ4v) is 2.64. The molecule has 2 heterocycles. The molecule has 8 heteroatoms. The monoisotopic (exact) mass is 389 g/mol. The molecule has 1 aromatic carbocycles. The van der Waals surface area contributed by atoms with Gasteiger partial charge < -0.3 is 5.32 Å². The number of aryl methyl sites for hydroxylation is 1. The van der Waals surface area contributed by atoms with Crippen LogP contribution in [0.4, 0.5) is 5.82 Å². The molecule has 0 aliphatic rings. The van der Waals surface area contributed by atoms with Crippen LogP contribution in [0.1, 0.15) is 18.1 Å². The number of carbonyl (C=O) groups excluding carboxylic acids is 1. The lowest BCUT2D eigenvalue weighted by molar-refractivity contribution is -0.111. The van der Waals surface area contributed by atoms with E-state index in [0.29, 0.717) is 22.4 Å². The Kier molecular flexibility index (Phi) is 5.75. The van der Waals surface area contributed by atoms with Crippen molar-refractivity contribution in [1.82, 2.24) is 19.6 Å². The number of aromatic nitrogens is 4. The molecule has 0 radical (unpaired) electrons. The molecule has 0 saturated heterocycles. The molecule has 3 aromatic rings. The zero-order valence-electron chi connectivity index (χ0n) is 14.1. The summed E-state index contributed by atoms with van der Waals surface area (Å²) in [5.41, 5.74) is 1.83. The molecule has 0 saturated carbocycles. The lowest BCUT2D eigenvalue weighted by atomic mass is 10.2. The smallest absolute Gasteiger partial charge is 0.249 e. The van der Waals surface area contributed by atoms with Gasteiger partial charge in [0, 0.05) is 36.6 Å². The highest BCUT2D eigenvalue weighted by molar-refractivity contribution is 6.42. The SMILES string of the molecule is CCn1cc(/C=C/C(=O)Nc2ccn(Cc3ccc(Cl)c(Cl)c3)n2)cn1. The number of benzene rings is 1. The number of nitrogens with zero attached hydrogens (tertiary/aromatic N) is 4. The third kappa shape index (κ3) is 4.74.